The van der Waals surface area contributed by atoms with E-state index in [2.05, 4.69) is 32.6 Å². The molecule has 16 heteroatoms. The Kier molecular flexibility index (Phi) is 25.3. The van der Waals surface area contributed by atoms with E-state index in [9.17, 15) is 31.4 Å². The number of nitrogens with zero attached hydrogens (tertiary/aromatic N) is 6. The summed E-state index contributed by atoms with van der Waals surface area (Å²) >= 11 is 0. The van der Waals surface area contributed by atoms with Crippen molar-refractivity contribution >= 4 is 33.3 Å². The van der Waals surface area contributed by atoms with Gasteiger partial charge in [0.1, 0.15) is 17.5 Å². The van der Waals surface area contributed by atoms with Crippen molar-refractivity contribution in [1.82, 2.24) is 29.2 Å². The zero-order valence-corrected chi connectivity index (χ0v) is 54.0. The minimum atomic E-state index is -2.68. The maximum Gasteiger partial charge on any atom is 0.267 e. The van der Waals surface area contributed by atoms with Gasteiger partial charge in [-0.2, -0.15) is 5.10 Å². The van der Waals surface area contributed by atoms with Crippen LogP contribution >= 0.6 is 0 Å². The first kappa shape index (κ1) is 68.2. The molecule has 4 heterocycles. The maximum absolute atomic E-state index is 14.8. The minimum absolute atomic E-state index is 0.102. The molecule has 3 saturated carbocycles. The van der Waals surface area contributed by atoms with Crippen LogP contribution in [0.15, 0.2) is 41.2 Å². The van der Waals surface area contributed by atoms with E-state index in [1.807, 2.05) is 71.3 Å². The molecule has 5 aromatic rings. The fraction of sp³-hybridized carbons (Fsp3) is 0.647. The summed E-state index contributed by atoms with van der Waals surface area (Å²) in [6.45, 7) is 29.2. The Labute approximate surface area is 501 Å². The van der Waals surface area contributed by atoms with Gasteiger partial charge < -0.3 is 10.1 Å². The summed E-state index contributed by atoms with van der Waals surface area (Å²) in [6.07, 6.45) is 16.4. The number of ketones is 1. The van der Waals surface area contributed by atoms with Crippen LogP contribution in [0.3, 0.4) is 0 Å². The van der Waals surface area contributed by atoms with E-state index in [0.717, 1.165) is 79.5 Å². The maximum atomic E-state index is 14.8. The number of aromatic nitrogens is 5. The Bertz CT molecular complexity index is 3080. The first-order valence-electron chi connectivity index (χ1n) is 31.6. The lowest BCUT2D eigenvalue weighted by Gasteiger charge is -2.34. The van der Waals surface area contributed by atoms with Crippen LogP contribution in [0, 0.1) is 48.6 Å². The number of ether oxygens (including phenoxy) is 1. The standard InChI is InChI=1S/C39H46F4N4O.C13H16N2O.C12H25NO.C2H6OS.C2H6/c1-7-9-27-11-12-33(24(6)35(27)31(44)10-8-2)47-37(30(22(3)4)20-25-18-28(40)21-29(41)19-25)46-36-34(38(47)48)23(5)17-32(45-36)26-13-15-39(42,43)16-14-26;1-7(16)6-15-11-5-9-4-10(9)12(11)13(14-15)8-2-3-8;1-4-5-6-7-13-8-9-14-12(10-13)11(2)3;1-4(2)3;1-2/h11-12,17-19,21-22,26,30,44H,7-10,13-16,20H2,1-6H3;8-10H,2-6H2,1H3;11-12H,4-10H2,1-3H3;1-2H3;1-2H3. The molecule has 0 amide bonds. The highest BCUT2D eigenvalue weighted by Gasteiger charge is 2.51. The number of hydrogen-bond donors (Lipinski definition) is 1. The largest absolute Gasteiger partial charge is 0.375 e. The Morgan fingerprint density at radius 3 is 2.15 bits per heavy atom. The SMILES string of the molecule is CC.CC(=O)Cn1nc(C2CC2)c2c1CC1CC21.CCCC(=N)c1c(CCC)ccc(-n2c(C(Cc3cc(F)cc(F)c3)C(C)C)nc3nc(C4CCC(F)(F)CC4)cc(C)c3c2=O)c1C.CCCCCN1CCOC(C(C)C)C1.CS(C)=O. The lowest BCUT2D eigenvalue weighted by molar-refractivity contribution is -0.117. The molecule has 0 spiro atoms. The average molecular weight is 1190 g/mol. The number of hydrogen-bond acceptors (Lipinski definition) is 9. The number of carbonyl (C=O) groups is 1. The molecule has 0 bridgehead atoms. The van der Waals surface area contributed by atoms with E-state index in [-0.39, 0.29) is 48.1 Å². The third kappa shape index (κ3) is 17.8. The Balaban J connectivity index is 0.000000251. The summed E-state index contributed by atoms with van der Waals surface area (Å²) in [5.41, 5.74) is 9.77. The molecule has 3 aromatic heterocycles. The van der Waals surface area contributed by atoms with Crippen molar-refractivity contribution in [2.45, 2.75) is 228 Å². The number of aryl methyl sites for hydroxylation is 2. The van der Waals surface area contributed by atoms with E-state index in [0.29, 0.717) is 77.3 Å². The molecule has 464 valence electrons. The molecule has 4 fully saturated rings. The molecule has 84 heavy (non-hydrogen) atoms. The second-order valence-corrected chi connectivity index (χ2v) is 26.4. The zero-order chi connectivity index (χ0) is 61.7. The van der Waals surface area contributed by atoms with Crippen molar-refractivity contribution in [3.8, 4) is 5.69 Å². The lowest BCUT2D eigenvalue weighted by atomic mass is 9.84. The lowest BCUT2D eigenvalue weighted by Crippen LogP contribution is -2.44. The zero-order valence-electron chi connectivity index (χ0n) is 53.2. The van der Waals surface area contributed by atoms with Gasteiger partial charge in [-0.15, -0.1) is 0 Å². The number of pyridine rings is 1. The smallest absolute Gasteiger partial charge is 0.267 e. The number of alkyl halides is 2. The molecule has 1 aliphatic heterocycles. The summed E-state index contributed by atoms with van der Waals surface area (Å²) in [6, 6.07) is 9.18. The highest BCUT2D eigenvalue weighted by Crippen LogP contribution is 2.60. The van der Waals surface area contributed by atoms with Crippen LogP contribution in [0.1, 0.15) is 233 Å². The van der Waals surface area contributed by atoms with Crippen LogP contribution in [-0.4, -0.2) is 95.7 Å². The third-order valence-corrected chi connectivity index (χ3v) is 17.0. The van der Waals surface area contributed by atoms with Crippen LogP contribution < -0.4 is 5.56 Å². The molecule has 4 unspecified atom stereocenters. The molecule has 5 aliphatic rings. The molecule has 4 atom stereocenters. The number of unbranched alkanes of at least 4 members (excludes halogenated alkanes) is 2. The number of benzene rings is 2. The van der Waals surface area contributed by atoms with Crippen LogP contribution in [0.4, 0.5) is 17.6 Å². The third-order valence-electron chi connectivity index (χ3n) is 17.0. The summed E-state index contributed by atoms with van der Waals surface area (Å²) < 4.78 is 75.7. The first-order valence-corrected chi connectivity index (χ1v) is 33.6. The fourth-order valence-electron chi connectivity index (χ4n) is 12.5. The van der Waals surface area contributed by atoms with Crippen LogP contribution in [0.2, 0.25) is 0 Å². The van der Waals surface area contributed by atoms with E-state index < -0.39 is 34.3 Å². The van der Waals surface area contributed by atoms with Crippen molar-refractivity contribution in [1.29, 1.82) is 5.41 Å². The monoisotopic (exact) mass is 1190 g/mol. The van der Waals surface area contributed by atoms with Crippen molar-refractivity contribution in [2.75, 3.05) is 38.8 Å². The van der Waals surface area contributed by atoms with E-state index in [1.165, 1.54) is 75.0 Å². The van der Waals surface area contributed by atoms with Gasteiger partial charge in [-0.3, -0.25) is 27.9 Å². The number of morpholine rings is 1. The van der Waals surface area contributed by atoms with Gasteiger partial charge in [0.05, 0.1) is 36.0 Å². The number of fused-ring (bicyclic) bond motifs is 4. The first-order chi connectivity index (χ1) is 39.9. The summed E-state index contributed by atoms with van der Waals surface area (Å²) in [5, 5.41) is 14.0. The quantitative estimate of drug-likeness (QED) is 0.0490. The van der Waals surface area contributed by atoms with Gasteiger partial charge >= 0.3 is 0 Å². The molecular weight excluding hydrogens is 1090 g/mol. The van der Waals surface area contributed by atoms with Crippen molar-refractivity contribution in [2.24, 2.45) is 17.8 Å². The normalized spacial score (nSPS) is 19.3. The number of Topliss-reactive ketones (excluding diaryl/α,β-unsaturated/α-hetero) is 1. The molecule has 1 saturated heterocycles. The van der Waals surface area contributed by atoms with Gasteiger partial charge in [-0.1, -0.05) is 94.1 Å². The molecule has 10 rings (SSSR count). The number of carbonyl (C=O) groups excluding carboxylic acids is 1. The molecule has 0 radical (unpaired) electrons. The highest BCUT2D eigenvalue weighted by molar-refractivity contribution is 7.83. The predicted octanol–water partition coefficient (Wildman–Crippen LogP) is 15.6. The molecule has 11 nitrogen and oxygen atoms in total. The van der Waals surface area contributed by atoms with Gasteiger partial charge in [0.15, 0.2) is 11.4 Å². The number of rotatable bonds is 19. The molecule has 4 aliphatic carbocycles. The number of nitrogens with one attached hydrogen (secondary N) is 1. The Hall–Kier alpha value is -4.93. The Morgan fingerprint density at radius 2 is 1.57 bits per heavy atom. The molecule has 1 N–H and O–H groups in total. The number of halogens is 4. The Morgan fingerprint density at radius 1 is 0.905 bits per heavy atom. The van der Waals surface area contributed by atoms with Gasteiger partial charge in [0.25, 0.3) is 5.56 Å². The second kappa shape index (κ2) is 31.1. The summed E-state index contributed by atoms with van der Waals surface area (Å²) in [5.74, 6) is -1.06. The van der Waals surface area contributed by atoms with Gasteiger partial charge in [-0.05, 0) is 162 Å². The van der Waals surface area contributed by atoms with Crippen LogP contribution in [0.5, 0.6) is 0 Å². The van der Waals surface area contributed by atoms with Crippen molar-refractivity contribution in [3.63, 3.8) is 0 Å². The topological polar surface area (TPSA) is 136 Å². The average Bonchev–Trinajstić information content (AvgIpc) is 2.79. The van der Waals surface area contributed by atoms with Crippen molar-refractivity contribution in [3.05, 3.63) is 115 Å². The minimum Gasteiger partial charge on any atom is -0.375 e. The van der Waals surface area contributed by atoms with Gasteiger partial charge in [0, 0.05) is 101 Å². The van der Waals surface area contributed by atoms with E-state index in [1.54, 1.807) is 29.6 Å². The summed E-state index contributed by atoms with van der Waals surface area (Å²) in [4.78, 5) is 38.6. The van der Waals surface area contributed by atoms with E-state index in [4.69, 9.17) is 25.2 Å². The fourth-order valence-corrected chi connectivity index (χ4v) is 12.5. The second-order valence-electron chi connectivity index (χ2n) is 24.9. The molecule has 2 aromatic carbocycles. The van der Waals surface area contributed by atoms with Gasteiger partial charge in [-0.25, -0.2) is 27.5 Å². The summed E-state index contributed by atoms with van der Waals surface area (Å²) in [7, 11) is -0.611. The highest BCUT2D eigenvalue weighted by atomic mass is 32.2. The van der Waals surface area contributed by atoms with Crippen molar-refractivity contribution < 1.29 is 31.3 Å². The van der Waals surface area contributed by atoms with Gasteiger partial charge in [0.2, 0.25) is 5.92 Å². The van der Waals surface area contributed by atoms with Crippen LogP contribution in [0.25, 0.3) is 16.7 Å². The molecular formula is C68H99F4N7O4S. The van der Waals surface area contributed by atoms with Crippen LogP contribution in [-0.2, 0) is 46.1 Å². The predicted molar refractivity (Wildman–Crippen MR) is 335 cm³/mol. The van der Waals surface area contributed by atoms with E-state index >= 15 is 0 Å².